The van der Waals surface area contributed by atoms with Crippen molar-refractivity contribution in [2.75, 3.05) is 0 Å². The van der Waals surface area contributed by atoms with Crippen LogP contribution in [0.4, 0.5) is 0 Å². The average molecular weight is 298 g/mol. The van der Waals surface area contributed by atoms with Gasteiger partial charge in [0, 0.05) is 30.4 Å². The van der Waals surface area contributed by atoms with Gasteiger partial charge in [-0.05, 0) is 30.3 Å². The summed E-state index contributed by atoms with van der Waals surface area (Å²) in [5, 5.41) is 1.11. The molecule has 0 amide bonds. The van der Waals surface area contributed by atoms with E-state index in [4.69, 9.17) is 9.97 Å². The summed E-state index contributed by atoms with van der Waals surface area (Å²) in [6.07, 6.45) is 4.13. The van der Waals surface area contributed by atoms with E-state index in [0.717, 1.165) is 39.0 Å². The van der Waals surface area contributed by atoms with E-state index in [2.05, 4.69) is 42.1 Å². The maximum atomic E-state index is 4.83. The van der Waals surface area contributed by atoms with Gasteiger partial charge in [-0.25, -0.2) is 9.97 Å². The Hall–Kier alpha value is -3.14. The standard InChI is InChI=1S/C19H14N4/c1-22-16-9-3-2-8-15(16)20-19(22)14-7-4-6-13-12-23-11-5-10-17(23)21-18(13)14/h2-12H,1H3. The van der Waals surface area contributed by atoms with Gasteiger partial charge in [0.1, 0.15) is 11.5 Å². The fourth-order valence-corrected chi connectivity index (χ4v) is 3.21. The molecule has 0 saturated carbocycles. The topological polar surface area (TPSA) is 35.1 Å². The van der Waals surface area contributed by atoms with Crippen molar-refractivity contribution >= 4 is 27.6 Å². The van der Waals surface area contributed by atoms with Crippen LogP contribution in [0.15, 0.2) is 67.0 Å². The molecule has 5 aromatic rings. The summed E-state index contributed by atoms with van der Waals surface area (Å²) < 4.78 is 4.18. The molecular formula is C19H14N4. The molecule has 0 fully saturated rings. The van der Waals surface area contributed by atoms with E-state index in [1.807, 2.05) is 40.9 Å². The van der Waals surface area contributed by atoms with Crippen molar-refractivity contribution in [3.63, 3.8) is 0 Å². The second-order valence-corrected chi connectivity index (χ2v) is 5.74. The molecule has 0 spiro atoms. The molecule has 110 valence electrons. The molecule has 0 atom stereocenters. The van der Waals surface area contributed by atoms with Crippen molar-refractivity contribution in [3.05, 3.63) is 67.0 Å². The smallest absolute Gasteiger partial charge is 0.143 e. The van der Waals surface area contributed by atoms with Crippen LogP contribution in [0, 0.1) is 0 Å². The van der Waals surface area contributed by atoms with Gasteiger partial charge < -0.3 is 8.97 Å². The van der Waals surface area contributed by atoms with Gasteiger partial charge in [0.15, 0.2) is 0 Å². The Morgan fingerprint density at radius 1 is 0.870 bits per heavy atom. The predicted octanol–water partition coefficient (Wildman–Crippen LogP) is 4.04. The Kier molecular flexibility index (Phi) is 2.39. The van der Waals surface area contributed by atoms with Gasteiger partial charge in [-0.15, -0.1) is 0 Å². The number of para-hydroxylation sites is 3. The number of aromatic nitrogens is 4. The summed E-state index contributed by atoms with van der Waals surface area (Å²) in [5.41, 5.74) is 5.12. The fourth-order valence-electron chi connectivity index (χ4n) is 3.21. The summed E-state index contributed by atoms with van der Waals surface area (Å²) >= 11 is 0. The molecular weight excluding hydrogens is 284 g/mol. The lowest BCUT2D eigenvalue weighted by Gasteiger charge is -2.07. The molecule has 0 unspecified atom stereocenters. The summed E-state index contributed by atoms with van der Waals surface area (Å²) in [4.78, 5) is 9.65. The van der Waals surface area contributed by atoms with Crippen molar-refractivity contribution < 1.29 is 0 Å². The summed E-state index contributed by atoms with van der Waals surface area (Å²) in [7, 11) is 2.05. The van der Waals surface area contributed by atoms with E-state index in [1.165, 1.54) is 0 Å². The Morgan fingerprint density at radius 3 is 2.70 bits per heavy atom. The van der Waals surface area contributed by atoms with Crippen molar-refractivity contribution in [2.24, 2.45) is 7.05 Å². The number of nitrogens with zero attached hydrogens (tertiary/aromatic N) is 4. The lowest BCUT2D eigenvalue weighted by Crippen LogP contribution is -1.96. The Balaban J connectivity index is 1.89. The number of hydrogen-bond donors (Lipinski definition) is 0. The third-order valence-electron chi connectivity index (χ3n) is 4.36. The van der Waals surface area contributed by atoms with Crippen LogP contribution < -0.4 is 0 Å². The maximum Gasteiger partial charge on any atom is 0.143 e. The molecule has 0 aliphatic rings. The lowest BCUT2D eigenvalue weighted by molar-refractivity contribution is 0.960. The highest BCUT2D eigenvalue weighted by Crippen LogP contribution is 2.29. The first-order valence-corrected chi connectivity index (χ1v) is 7.59. The van der Waals surface area contributed by atoms with Gasteiger partial charge in [0.25, 0.3) is 0 Å². The minimum Gasteiger partial charge on any atom is -0.327 e. The van der Waals surface area contributed by atoms with Crippen LogP contribution in [0.25, 0.3) is 39.0 Å². The van der Waals surface area contributed by atoms with Crippen LogP contribution in [0.1, 0.15) is 0 Å². The second kappa shape index (κ2) is 4.43. The molecule has 3 heterocycles. The average Bonchev–Trinajstić information content (AvgIpc) is 3.17. The van der Waals surface area contributed by atoms with Crippen LogP contribution in [0.3, 0.4) is 0 Å². The molecule has 0 saturated heterocycles. The molecule has 0 bridgehead atoms. The highest BCUT2D eigenvalue weighted by molar-refractivity contribution is 5.94. The van der Waals surface area contributed by atoms with E-state index in [0.29, 0.717) is 0 Å². The van der Waals surface area contributed by atoms with Crippen molar-refractivity contribution in [2.45, 2.75) is 0 Å². The zero-order valence-electron chi connectivity index (χ0n) is 12.6. The molecule has 0 aliphatic carbocycles. The number of rotatable bonds is 1. The molecule has 0 N–H and O–H groups in total. The molecule has 0 radical (unpaired) electrons. The SMILES string of the molecule is Cn1c(-c2cccc3cn4cccc4nc23)nc2ccccc21. The van der Waals surface area contributed by atoms with Gasteiger partial charge in [-0.3, -0.25) is 0 Å². The predicted molar refractivity (Wildman–Crippen MR) is 92.4 cm³/mol. The zero-order valence-corrected chi connectivity index (χ0v) is 12.6. The third kappa shape index (κ3) is 1.72. The van der Waals surface area contributed by atoms with Crippen molar-refractivity contribution in [3.8, 4) is 11.4 Å². The highest BCUT2D eigenvalue weighted by Gasteiger charge is 2.13. The van der Waals surface area contributed by atoms with Gasteiger partial charge in [0.2, 0.25) is 0 Å². The first-order valence-electron chi connectivity index (χ1n) is 7.59. The van der Waals surface area contributed by atoms with Crippen LogP contribution in [-0.4, -0.2) is 18.9 Å². The van der Waals surface area contributed by atoms with E-state index in [-0.39, 0.29) is 0 Å². The molecule has 5 rings (SSSR count). The van der Waals surface area contributed by atoms with Crippen LogP contribution in [-0.2, 0) is 7.05 Å². The molecule has 2 aromatic carbocycles. The normalized spacial score (nSPS) is 11.7. The fraction of sp³-hybridized carbons (Fsp3) is 0.0526. The largest absolute Gasteiger partial charge is 0.327 e. The quantitative estimate of drug-likeness (QED) is 0.468. The number of imidazole rings is 1. The van der Waals surface area contributed by atoms with Gasteiger partial charge in [-0.2, -0.15) is 0 Å². The summed E-state index contributed by atoms with van der Waals surface area (Å²) in [6.45, 7) is 0. The van der Waals surface area contributed by atoms with Crippen molar-refractivity contribution in [1.82, 2.24) is 18.9 Å². The van der Waals surface area contributed by atoms with E-state index >= 15 is 0 Å². The van der Waals surface area contributed by atoms with E-state index in [1.54, 1.807) is 0 Å². The van der Waals surface area contributed by atoms with E-state index in [9.17, 15) is 0 Å². The van der Waals surface area contributed by atoms with Crippen LogP contribution in [0.2, 0.25) is 0 Å². The van der Waals surface area contributed by atoms with Crippen LogP contribution in [0.5, 0.6) is 0 Å². The first-order chi connectivity index (χ1) is 11.3. The van der Waals surface area contributed by atoms with E-state index < -0.39 is 0 Å². The highest BCUT2D eigenvalue weighted by atomic mass is 15.1. The van der Waals surface area contributed by atoms with Gasteiger partial charge in [-0.1, -0.05) is 24.3 Å². The second-order valence-electron chi connectivity index (χ2n) is 5.74. The number of aryl methyl sites for hydroxylation is 1. The molecule has 23 heavy (non-hydrogen) atoms. The number of hydrogen-bond acceptors (Lipinski definition) is 2. The monoisotopic (exact) mass is 298 g/mol. The summed E-state index contributed by atoms with van der Waals surface area (Å²) in [5.74, 6) is 0.945. The van der Waals surface area contributed by atoms with Gasteiger partial charge >= 0.3 is 0 Å². The Bertz CT molecular complexity index is 1180. The van der Waals surface area contributed by atoms with Crippen LogP contribution >= 0.6 is 0 Å². The molecule has 3 aromatic heterocycles. The zero-order chi connectivity index (χ0) is 15.4. The molecule has 4 nitrogen and oxygen atoms in total. The minimum absolute atomic E-state index is 0.945. The molecule has 0 aliphatic heterocycles. The third-order valence-corrected chi connectivity index (χ3v) is 4.36. The minimum atomic E-state index is 0.945. The summed E-state index contributed by atoms with van der Waals surface area (Å²) in [6, 6.07) is 18.5. The Labute approximate surface area is 132 Å². The first kappa shape index (κ1) is 12.4. The Morgan fingerprint density at radius 2 is 1.78 bits per heavy atom. The number of fused-ring (bicyclic) bond motifs is 3. The molecule has 4 heteroatoms. The lowest BCUT2D eigenvalue weighted by atomic mass is 10.1. The van der Waals surface area contributed by atoms with Crippen molar-refractivity contribution in [1.29, 1.82) is 0 Å². The number of benzene rings is 2. The maximum absolute atomic E-state index is 4.83. The van der Waals surface area contributed by atoms with Gasteiger partial charge in [0.05, 0.1) is 16.6 Å².